The molecule has 0 bridgehead atoms. The van der Waals surface area contributed by atoms with Crippen LogP contribution in [0.15, 0.2) is 18.2 Å². The lowest BCUT2D eigenvalue weighted by Crippen LogP contribution is -2.47. The minimum atomic E-state index is -1.10. The van der Waals surface area contributed by atoms with Gasteiger partial charge in [-0.2, -0.15) is 0 Å². The minimum absolute atomic E-state index is 0.130. The molecule has 0 saturated heterocycles. The Morgan fingerprint density at radius 3 is 2.89 bits per heavy atom. The number of carboxylic acid groups (broad SMARTS) is 1. The largest absolute Gasteiger partial charge is 0.480 e. The predicted octanol–water partition coefficient (Wildman–Crippen LogP) is 0.777. The number of anilines is 1. The van der Waals surface area contributed by atoms with Gasteiger partial charge in [0.15, 0.2) is 0 Å². The van der Waals surface area contributed by atoms with Gasteiger partial charge in [0, 0.05) is 25.7 Å². The number of aliphatic carboxylic acids is 1. The molecule has 0 fully saturated rings. The first-order valence-electron chi connectivity index (χ1n) is 6.00. The maximum Gasteiger partial charge on any atom is 0.328 e. The van der Waals surface area contributed by atoms with Gasteiger partial charge < -0.3 is 15.3 Å². The zero-order valence-corrected chi connectivity index (χ0v) is 10.5. The Hall–Kier alpha value is -2.11. The summed E-state index contributed by atoms with van der Waals surface area (Å²) in [5, 5.41) is 11.4. The number of amides is 1. The number of carbonyl (C=O) groups excluding carboxylic acids is 1. The first-order valence-corrected chi connectivity index (χ1v) is 6.00. The zero-order valence-electron chi connectivity index (χ0n) is 10.5. The summed E-state index contributed by atoms with van der Waals surface area (Å²) in [4.78, 5) is 23.9. The van der Waals surface area contributed by atoms with Crippen LogP contribution in [0.25, 0.3) is 0 Å². The monoisotopic (exact) mass is 266 g/mol. The number of nitrogens with one attached hydrogen (secondary N) is 1. The molecule has 0 radical (unpaired) electrons. The molecule has 5 nitrogen and oxygen atoms in total. The molecule has 1 amide bonds. The highest BCUT2D eigenvalue weighted by Gasteiger charge is 2.26. The summed E-state index contributed by atoms with van der Waals surface area (Å²) in [7, 11) is 0. The van der Waals surface area contributed by atoms with Crippen LogP contribution in [0.2, 0.25) is 0 Å². The average Bonchev–Trinajstić information content (AvgIpc) is 2.70. The van der Waals surface area contributed by atoms with Gasteiger partial charge >= 0.3 is 5.97 Å². The van der Waals surface area contributed by atoms with E-state index in [2.05, 4.69) is 5.32 Å². The number of carboxylic acids is 1. The predicted molar refractivity (Wildman–Crippen MR) is 67.6 cm³/mol. The van der Waals surface area contributed by atoms with Crippen LogP contribution in [0.5, 0.6) is 0 Å². The number of benzene rings is 1. The second-order valence-corrected chi connectivity index (χ2v) is 4.56. The van der Waals surface area contributed by atoms with E-state index in [1.54, 1.807) is 11.0 Å². The molecule has 1 aromatic carbocycles. The van der Waals surface area contributed by atoms with Crippen LogP contribution in [0.1, 0.15) is 12.5 Å². The lowest BCUT2D eigenvalue weighted by molar-refractivity contribution is -0.141. The number of carbonyl (C=O) groups is 2. The second kappa shape index (κ2) is 5.26. The Labute approximate surface area is 110 Å². The van der Waals surface area contributed by atoms with Gasteiger partial charge in [-0.05, 0) is 24.1 Å². The van der Waals surface area contributed by atoms with E-state index in [1.165, 1.54) is 19.1 Å². The maximum atomic E-state index is 13.2. The molecule has 0 aromatic heterocycles. The number of halogens is 1. The van der Waals surface area contributed by atoms with Crippen LogP contribution >= 0.6 is 0 Å². The highest BCUT2D eigenvalue weighted by atomic mass is 19.1. The van der Waals surface area contributed by atoms with Crippen molar-refractivity contribution in [2.24, 2.45) is 0 Å². The molecule has 0 saturated carbocycles. The van der Waals surface area contributed by atoms with E-state index in [4.69, 9.17) is 5.11 Å². The van der Waals surface area contributed by atoms with Gasteiger partial charge in [-0.1, -0.05) is 6.07 Å². The highest BCUT2D eigenvalue weighted by molar-refractivity contribution is 5.82. The smallest absolute Gasteiger partial charge is 0.328 e. The van der Waals surface area contributed by atoms with E-state index in [9.17, 15) is 14.0 Å². The molecule has 1 unspecified atom stereocenters. The summed E-state index contributed by atoms with van der Waals surface area (Å²) in [5.41, 5.74) is 1.70. The molecular weight excluding hydrogens is 251 g/mol. The van der Waals surface area contributed by atoms with Crippen molar-refractivity contribution in [3.05, 3.63) is 29.6 Å². The number of fused-ring (bicyclic) bond motifs is 1. The van der Waals surface area contributed by atoms with Gasteiger partial charge in [0.2, 0.25) is 5.91 Å². The number of rotatable bonds is 4. The second-order valence-electron chi connectivity index (χ2n) is 4.56. The molecule has 2 N–H and O–H groups in total. The highest BCUT2D eigenvalue weighted by Crippen LogP contribution is 2.28. The Morgan fingerprint density at radius 2 is 2.26 bits per heavy atom. The first-order chi connectivity index (χ1) is 8.97. The van der Waals surface area contributed by atoms with Crippen molar-refractivity contribution in [1.82, 2.24) is 5.32 Å². The van der Waals surface area contributed by atoms with E-state index in [-0.39, 0.29) is 12.4 Å². The van der Waals surface area contributed by atoms with Gasteiger partial charge in [-0.15, -0.1) is 0 Å². The molecule has 1 aromatic rings. The molecule has 19 heavy (non-hydrogen) atoms. The molecule has 0 spiro atoms. The summed E-state index contributed by atoms with van der Waals surface area (Å²) >= 11 is 0. The fraction of sp³-hybridized carbons (Fsp3) is 0.385. The first kappa shape index (κ1) is 13.3. The normalized spacial score (nSPS) is 14.9. The summed E-state index contributed by atoms with van der Waals surface area (Å²) in [5.74, 6) is -1.84. The standard InChI is InChI=1S/C13H15FN2O3/c1-8(17)15-11(13(18)19)7-16-5-4-9-2-3-10(14)6-12(9)16/h2-3,6,11H,4-5,7H2,1H3,(H,15,17)(H,18,19). The number of hydrogen-bond donors (Lipinski definition) is 2. The topological polar surface area (TPSA) is 69.6 Å². The van der Waals surface area contributed by atoms with Crippen molar-refractivity contribution in [3.63, 3.8) is 0 Å². The third-order valence-electron chi connectivity index (χ3n) is 3.12. The molecule has 102 valence electrons. The van der Waals surface area contributed by atoms with Crippen molar-refractivity contribution >= 4 is 17.6 Å². The average molecular weight is 266 g/mol. The Balaban J connectivity index is 2.14. The van der Waals surface area contributed by atoms with Crippen LogP contribution in [0.4, 0.5) is 10.1 Å². The van der Waals surface area contributed by atoms with Gasteiger partial charge in [-0.3, -0.25) is 4.79 Å². The lowest BCUT2D eigenvalue weighted by atomic mass is 10.1. The summed E-state index contributed by atoms with van der Waals surface area (Å²) < 4.78 is 13.2. The molecule has 1 heterocycles. The van der Waals surface area contributed by atoms with Crippen LogP contribution in [-0.4, -0.2) is 36.1 Å². The molecular formula is C13H15FN2O3. The summed E-state index contributed by atoms with van der Waals surface area (Å²) in [6.07, 6.45) is 0.752. The molecule has 1 aliphatic heterocycles. The van der Waals surface area contributed by atoms with Gasteiger partial charge in [0.05, 0.1) is 0 Å². The zero-order chi connectivity index (χ0) is 14.0. The van der Waals surface area contributed by atoms with E-state index >= 15 is 0 Å². The Bertz CT molecular complexity index is 519. The number of hydrogen-bond acceptors (Lipinski definition) is 3. The van der Waals surface area contributed by atoms with Crippen LogP contribution in [0.3, 0.4) is 0 Å². The maximum absolute atomic E-state index is 13.2. The molecule has 1 aliphatic rings. The molecule has 6 heteroatoms. The fourth-order valence-corrected chi connectivity index (χ4v) is 2.26. The number of nitrogens with zero attached hydrogens (tertiary/aromatic N) is 1. The molecule has 1 atom stereocenters. The quantitative estimate of drug-likeness (QED) is 0.845. The van der Waals surface area contributed by atoms with Crippen LogP contribution in [-0.2, 0) is 16.0 Å². The fourth-order valence-electron chi connectivity index (χ4n) is 2.26. The van der Waals surface area contributed by atoms with Crippen molar-refractivity contribution in [3.8, 4) is 0 Å². The van der Waals surface area contributed by atoms with Crippen molar-refractivity contribution in [2.45, 2.75) is 19.4 Å². The van der Waals surface area contributed by atoms with Gasteiger partial charge in [0.25, 0.3) is 0 Å². The third-order valence-corrected chi connectivity index (χ3v) is 3.12. The minimum Gasteiger partial charge on any atom is -0.480 e. The van der Waals surface area contributed by atoms with E-state index in [0.29, 0.717) is 12.2 Å². The van der Waals surface area contributed by atoms with Crippen LogP contribution < -0.4 is 10.2 Å². The van der Waals surface area contributed by atoms with Gasteiger partial charge in [-0.25, -0.2) is 9.18 Å². The van der Waals surface area contributed by atoms with E-state index < -0.39 is 17.9 Å². The molecule has 2 rings (SSSR count). The van der Waals surface area contributed by atoms with Crippen molar-refractivity contribution < 1.29 is 19.1 Å². The Morgan fingerprint density at radius 1 is 1.53 bits per heavy atom. The SMILES string of the molecule is CC(=O)NC(CN1CCc2ccc(F)cc21)C(=O)O. The molecule has 0 aliphatic carbocycles. The van der Waals surface area contributed by atoms with Crippen LogP contribution in [0, 0.1) is 5.82 Å². The Kier molecular flexibility index (Phi) is 3.69. The lowest BCUT2D eigenvalue weighted by Gasteiger charge is -2.24. The summed E-state index contributed by atoms with van der Waals surface area (Å²) in [6.45, 7) is 2.03. The van der Waals surface area contributed by atoms with Gasteiger partial charge in [0.1, 0.15) is 11.9 Å². The third kappa shape index (κ3) is 3.01. The van der Waals surface area contributed by atoms with E-state index in [0.717, 1.165) is 12.0 Å². The van der Waals surface area contributed by atoms with E-state index in [1.807, 2.05) is 0 Å². The van der Waals surface area contributed by atoms with Crippen molar-refractivity contribution in [2.75, 3.05) is 18.0 Å². The van der Waals surface area contributed by atoms with Crippen molar-refractivity contribution in [1.29, 1.82) is 0 Å². The summed E-state index contributed by atoms with van der Waals surface area (Å²) in [6, 6.07) is 3.50.